The Kier molecular flexibility index (Phi) is 5.95. The molecule has 0 saturated heterocycles. The molecule has 0 bridgehead atoms. The number of carbonyl (C=O) groups excluding carboxylic acids is 2. The first-order chi connectivity index (χ1) is 9.08. The van der Waals surface area contributed by atoms with Gasteiger partial charge in [0.2, 0.25) is 5.91 Å². The van der Waals surface area contributed by atoms with Gasteiger partial charge in [-0.15, -0.1) is 0 Å². The van der Waals surface area contributed by atoms with Crippen molar-refractivity contribution in [2.24, 2.45) is 5.73 Å². The minimum Gasteiger partial charge on any atom is -0.355 e. The maximum Gasteiger partial charge on any atom is 0.272 e. The van der Waals surface area contributed by atoms with Crippen molar-refractivity contribution in [3.63, 3.8) is 0 Å². The molecule has 2 amide bonds. The lowest BCUT2D eigenvalue weighted by atomic mass is 10.2. The number of nitrogens with two attached hydrogens (primary N) is 1. The van der Waals surface area contributed by atoms with Crippen LogP contribution in [0, 0.1) is 0 Å². The highest BCUT2D eigenvalue weighted by atomic mass is 16.2. The molecule has 3 N–H and O–H groups in total. The summed E-state index contributed by atoms with van der Waals surface area (Å²) in [7, 11) is 1.58. The van der Waals surface area contributed by atoms with Gasteiger partial charge in [0.25, 0.3) is 5.91 Å². The fraction of sp³-hybridized carbons (Fsp3) is 0.462. The van der Waals surface area contributed by atoms with E-state index in [2.05, 4.69) is 10.3 Å². The lowest BCUT2D eigenvalue weighted by molar-refractivity contribution is -0.121. The molecule has 0 saturated carbocycles. The van der Waals surface area contributed by atoms with Crippen LogP contribution in [0.4, 0.5) is 0 Å². The van der Waals surface area contributed by atoms with Crippen LogP contribution < -0.4 is 11.1 Å². The van der Waals surface area contributed by atoms with Crippen molar-refractivity contribution in [2.45, 2.75) is 19.9 Å². The average molecular weight is 264 g/mol. The molecule has 0 atom stereocenters. The van der Waals surface area contributed by atoms with Gasteiger partial charge in [0.15, 0.2) is 0 Å². The van der Waals surface area contributed by atoms with E-state index in [0.29, 0.717) is 18.8 Å². The van der Waals surface area contributed by atoms with Crippen molar-refractivity contribution in [3.05, 3.63) is 29.6 Å². The van der Waals surface area contributed by atoms with Crippen molar-refractivity contribution in [1.82, 2.24) is 15.2 Å². The Balaban J connectivity index is 2.58. The van der Waals surface area contributed by atoms with Gasteiger partial charge in [-0.1, -0.05) is 13.0 Å². The van der Waals surface area contributed by atoms with Crippen molar-refractivity contribution >= 4 is 11.8 Å². The van der Waals surface area contributed by atoms with Crippen molar-refractivity contribution in [3.8, 4) is 0 Å². The summed E-state index contributed by atoms with van der Waals surface area (Å²) in [5, 5.41) is 2.72. The molecule has 0 aliphatic carbocycles. The third kappa shape index (κ3) is 4.67. The molecule has 1 aromatic rings. The number of aromatic nitrogens is 1. The number of pyridine rings is 1. The summed E-state index contributed by atoms with van der Waals surface area (Å²) in [5.41, 5.74) is 6.63. The maximum atomic E-state index is 12.0. The molecule has 104 valence electrons. The standard InChI is InChI=1S/C13H20N4O2/c1-3-6-15-12(18)9-17(2)13(19)11-5-4-10(7-14)8-16-11/h4-5,8H,3,6-7,9,14H2,1-2H3,(H,15,18). The predicted molar refractivity (Wildman–Crippen MR) is 72.4 cm³/mol. The van der Waals surface area contributed by atoms with Crippen LogP contribution in [-0.4, -0.2) is 41.8 Å². The highest BCUT2D eigenvalue weighted by Crippen LogP contribution is 2.02. The minimum absolute atomic E-state index is 0.0269. The summed E-state index contributed by atoms with van der Waals surface area (Å²) in [6.45, 7) is 3.00. The van der Waals surface area contributed by atoms with Crippen molar-refractivity contribution in [2.75, 3.05) is 20.1 Å². The van der Waals surface area contributed by atoms with Crippen LogP contribution in [0.15, 0.2) is 18.3 Å². The molecule has 6 heteroatoms. The van der Waals surface area contributed by atoms with Gasteiger partial charge in [0, 0.05) is 26.3 Å². The summed E-state index contributed by atoms with van der Waals surface area (Å²) < 4.78 is 0. The summed E-state index contributed by atoms with van der Waals surface area (Å²) in [5.74, 6) is -0.452. The molecule has 0 fully saturated rings. The number of carbonyl (C=O) groups is 2. The number of hydrogen-bond acceptors (Lipinski definition) is 4. The molecule has 1 rings (SSSR count). The van der Waals surface area contributed by atoms with Crippen LogP contribution >= 0.6 is 0 Å². The van der Waals surface area contributed by atoms with Crippen LogP contribution in [0.5, 0.6) is 0 Å². The Morgan fingerprint density at radius 1 is 1.42 bits per heavy atom. The van der Waals surface area contributed by atoms with Crippen LogP contribution in [0.3, 0.4) is 0 Å². The average Bonchev–Trinajstić information content (AvgIpc) is 2.44. The summed E-state index contributed by atoms with van der Waals surface area (Å²) in [4.78, 5) is 28.9. The molecular weight excluding hydrogens is 244 g/mol. The van der Waals surface area contributed by atoms with Crippen LogP contribution in [-0.2, 0) is 11.3 Å². The molecule has 19 heavy (non-hydrogen) atoms. The van der Waals surface area contributed by atoms with E-state index in [4.69, 9.17) is 5.73 Å². The van der Waals surface area contributed by atoms with Crippen LogP contribution in [0.2, 0.25) is 0 Å². The van der Waals surface area contributed by atoms with Gasteiger partial charge in [0.05, 0.1) is 6.54 Å². The smallest absolute Gasteiger partial charge is 0.272 e. The van der Waals surface area contributed by atoms with Gasteiger partial charge < -0.3 is 16.0 Å². The molecule has 0 radical (unpaired) electrons. The van der Waals surface area contributed by atoms with E-state index in [1.165, 1.54) is 4.90 Å². The Bertz CT molecular complexity index is 431. The van der Waals surface area contributed by atoms with Gasteiger partial charge in [-0.2, -0.15) is 0 Å². The first-order valence-electron chi connectivity index (χ1n) is 6.25. The van der Waals surface area contributed by atoms with Crippen LogP contribution in [0.25, 0.3) is 0 Å². The molecule has 0 unspecified atom stereocenters. The topological polar surface area (TPSA) is 88.3 Å². The lowest BCUT2D eigenvalue weighted by Crippen LogP contribution is -2.38. The van der Waals surface area contributed by atoms with Gasteiger partial charge >= 0.3 is 0 Å². The van der Waals surface area contributed by atoms with E-state index < -0.39 is 0 Å². The van der Waals surface area contributed by atoms with Gasteiger partial charge in [0.1, 0.15) is 5.69 Å². The Labute approximate surface area is 113 Å². The zero-order valence-electron chi connectivity index (χ0n) is 11.3. The first kappa shape index (κ1) is 15.1. The van der Waals surface area contributed by atoms with E-state index in [1.54, 1.807) is 25.4 Å². The monoisotopic (exact) mass is 264 g/mol. The molecule has 1 aromatic heterocycles. The maximum absolute atomic E-state index is 12.0. The molecule has 0 aromatic carbocycles. The number of nitrogens with one attached hydrogen (secondary N) is 1. The fourth-order valence-corrected chi connectivity index (χ4v) is 1.47. The number of likely N-dealkylation sites (N-methyl/N-ethyl adjacent to an activating group) is 1. The fourth-order valence-electron chi connectivity index (χ4n) is 1.47. The first-order valence-corrected chi connectivity index (χ1v) is 6.25. The predicted octanol–water partition coefficient (Wildman–Crippen LogP) is 0.139. The molecule has 1 heterocycles. The Morgan fingerprint density at radius 2 is 2.16 bits per heavy atom. The van der Waals surface area contributed by atoms with E-state index in [1.807, 2.05) is 6.92 Å². The third-order valence-corrected chi connectivity index (χ3v) is 2.58. The second-order valence-corrected chi connectivity index (χ2v) is 4.27. The normalized spacial score (nSPS) is 10.1. The van der Waals surface area contributed by atoms with E-state index in [0.717, 1.165) is 12.0 Å². The van der Waals surface area contributed by atoms with Crippen LogP contribution in [0.1, 0.15) is 29.4 Å². The number of nitrogens with zero attached hydrogens (tertiary/aromatic N) is 2. The Hall–Kier alpha value is -1.95. The zero-order chi connectivity index (χ0) is 14.3. The van der Waals surface area contributed by atoms with Crippen molar-refractivity contribution < 1.29 is 9.59 Å². The van der Waals surface area contributed by atoms with Gasteiger partial charge in [-0.05, 0) is 18.1 Å². The van der Waals surface area contributed by atoms with E-state index >= 15 is 0 Å². The largest absolute Gasteiger partial charge is 0.355 e. The summed E-state index contributed by atoms with van der Waals surface area (Å²) in [6, 6.07) is 3.37. The Morgan fingerprint density at radius 3 is 2.68 bits per heavy atom. The number of amides is 2. The lowest BCUT2D eigenvalue weighted by Gasteiger charge is -2.16. The molecule has 6 nitrogen and oxygen atoms in total. The van der Waals surface area contributed by atoms with Gasteiger partial charge in [-0.25, -0.2) is 0 Å². The third-order valence-electron chi connectivity index (χ3n) is 2.58. The van der Waals surface area contributed by atoms with E-state index in [-0.39, 0.29) is 18.4 Å². The van der Waals surface area contributed by atoms with Gasteiger partial charge in [-0.3, -0.25) is 14.6 Å². The number of hydrogen-bond donors (Lipinski definition) is 2. The molecule has 0 spiro atoms. The summed E-state index contributed by atoms with van der Waals surface area (Å²) >= 11 is 0. The molecular formula is C13H20N4O2. The molecule has 0 aliphatic rings. The SMILES string of the molecule is CCCNC(=O)CN(C)C(=O)c1ccc(CN)cn1. The number of rotatable bonds is 6. The van der Waals surface area contributed by atoms with Crippen molar-refractivity contribution in [1.29, 1.82) is 0 Å². The highest BCUT2D eigenvalue weighted by Gasteiger charge is 2.15. The minimum atomic E-state index is -0.282. The quantitative estimate of drug-likeness (QED) is 0.765. The molecule has 0 aliphatic heterocycles. The second kappa shape index (κ2) is 7.48. The summed E-state index contributed by atoms with van der Waals surface area (Å²) in [6.07, 6.45) is 2.43. The van der Waals surface area contributed by atoms with E-state index in [9.17, 15) is 9.59 Å². The second-order valence-electron chi connectivity index (χ2n) is 4.27. The highest BCUT2D eigenvalue weighted by molar-refractivity contribution is 5.94. The zero-order valence-corrected chi connectivity index (χ0v) is 11.3.